The van der Waals surface area contributed by atoms with Crippen molar-refractivity contribution in [3.8, 4) is 0 Å². The zero-order valence-electron chi connectivity index (χ0n) is 10.7. The molecule has 1 N–H and O–H groups in total. The van der Waals surface area contributed by atoms with Crippen molar-refractivity contribution < 1.29 is 0 Å². The summed E-state index contributed by atoms with van der Waals surface area (Å²) >= 11 is 3.51. The van der Waals surface area contributed by atoms with Crippen LogP contribution in [-0.2, 0) is 6.54 Å². The van der Waals surface area contributed by atoms with E-state index in [1.807, 2.05) is 24.0 Å². The lowest BCUT2D eigenvalue weighted by Crippen LogP contribution is -2.17. The molecule has 0 aliphatic heterocycles. The Bertz CT molecular complexity index is 507. The van der Waals surface area contributed by atoms with Crippen LogP contribution < -0.4 is 5.32 Å². The monoisotopic (exact) mass is 307 g/mol. The largest absolute Gasteiger partial charge is 0.309 e. The second kappa shape index (κ2) is 6.16. The highest BCUT2D eigenvalue weighted by molar-refractivity contribution is 9.10. The molecule has 2 aromatic rings. The van der Waals surface area contributed by atoms with Crippen molar-refractivity contribution in [3.63, 3.8) is 0 Å². The van der Waals surface area contributed by atoms with Gasteiger partial charge in [0.25, 0.3) is 0 Å². The number of nitrogens with zero attached hydrogens (tertiary/aromatic N) is 2. The van der Waals surface area contributed by atoms with E-state index in [1.165, 1.54) is 11.1 Å². The molecule has 0 aliphatic carbocycles. The van der Waals surface area contributed by atoms with Crippen LogP contribution in [0.25, 0.3) is 0 Å². The molecule has 0 spiro atoms. The van der Waals surface area contributed by atoms with Crippen molar-refractivity contribution in [2.45, 2.75) is 25.9 Å². The fourth-order valence-corrected chi connectivity index (χ4v) is 2.51. The maximum absolute atomic E-state index is 4.39. The van der Waals surface area contributed by atoms with Crippen LogP contribution in [0, 0.1) is 0 Å². The third-order valence-electron chi connectivity index (χ3n) is 2.91. The molecule has 0 saturated heterocycles. The molecule has 18 heavy (non-hydrogen) atoms. The predicted octanol–water partition coefficient (Wildman–Crippen LogP) is 3.36. The van der Waals surface area contributed by atoms with Gasteiger partial charge in [-0.3, -0.25) is 4.68 Å². The molecule has 1 aromatic heterocycles. The number of hydrogen-bond donors (Lipinski definition) is 1. The summed E-state index contributed by atoms with van der Waals surface area (Å²) in [7, 11) is 1.97. The average Bonchev–Trinajstić information content (AvgIpc) is 2.79. The summed E-state index contributed by atoms with van der Waals surface area (Å²) in [5.41, 5.74) is 2.44. The van der Waals surface area contributed by atoms with Crippen LogP contribution in [0.1, 0.15) is 30.5 Å². The van der Waals surface area contributed by atoms with Gasteiger partial charge in [0.15, 0.2) is 0 Å². The Kier molecular flexibility index (Phi) is 4.55. The van der Waals surface area contributed by atoms with Crippen LogP contribution in [0.15, 0.2) is 41.1 Å². The van der Waals surface area contributed by atoms with E-state index in [4.69, 9.17) is 0 Å². The molecule has 96 valence electrons. The number of nitrogens with one attached hydrogen (secondary N) is 1. The maximum Gasteiger partial charge on any atom is 0.0605 e. The van der Waals surface area contributed by atoms with E-state index >= 15 is 0 Å². The van der Waals surface area contributed by atoms with Gasteiger partial charge in [-0.1, -0.05) is 35.0 Å². The summed E-state index contributed by atoms with van der Waals surface area (Å²) in [5, 5.41) is 7.73. The molecule has 1 atom stereocenters. The minimum atomic E-state index is 0.188. The van der Waals surface area contributed by atoms with Gasteiger partial charge in [-0.05, 0) is 31.2 Å². The zero-order chi connectivity index (χ0) is 13.0. The van der Waals surface area contributed by atoms with Crippen molar-refractivity contribution in [2.75, 3.05) is 7.05 Å². The van der Waals surface area contributed by atoms with Gasteiger partial charge in [-0.2, -0.15) is 5.10 Å². The SMILES string of the molecule is CCCn1cc(C(NC)c2cccc(Br)c2)cn1. The van der Waals surface area contributed by atoms with Crippen molar-refractivity contribution in [1.29, 1.82) is 0 Å². The average molecular weight is 308 g/mol. The topological polar surface area (TPSA) is 29.9 Å². The first kappa shape index (κ1) is 13.3. The minimum absolute atomic E-state index is 0.188. The first-order valence-electron chi connectivity index (χ1n) is 6.19. The van der Waals surface area contributed by atoms with Crippen molar-refractivity contribution >= 4 is 15.9 Å². The number of halogens is 1. The van der Waals surface area contributed by atoms with Crippen LogP contribution in [0.4, 0.5) is 0 Å². The van der Waals surface area contributed by atoms with Gasteiger partial charge >= 0.3 is 0 Å². The Morgan fingerprint density at radius 1 is 1.39 bits per heavy atom. The van der Waals surface area contributed by atoms with Crippen LogP contribution in [-0.4, -0.2) is 16.8 Å². The summed E-state index contributed by atoms with van der Waals surface area (Å²) < 4.78 is 3.10. The Hall–Kier alpha value is -1.13. The molecular weight excluding hydrogens is 290 g/mol. The molecule has 0 radical (unpaired) electrons. The minimum Gasteiger partial charge on any atom is -0.309 e. The standard InChI is InChI=1S/C14H18BrN3/c1-3-7-18-10-12(9-17-18)14(16-2)11-5-4-6-13(15)8-11/h4-6,8-10,14,16H,3,7H2,1-2H3. The summed E-state index contributed by atoms with van der Waals surface area (Å²) in [4.78, 5) is 0. The molecule has 0 aliphatic rings. The smallest absolute Gasteiger partial charge is 0.0605 e. The van der Waals surface area contributed by atoms with Crippen LogP contribution in [0.5, 0.6) is 0 Å². The van der Waals surface area contributed by atoms with Gasteiger partial charge in [-0.25, -0.2) is 0 Å². The van der Waals surface area contributed by atoms with E-state index in [0.717, 1.165) is 17.4 Å². The molecule has 0 saturated carbocycles. The lowest BCUT2D eigenvalue weighted by Gasteiger charge is -2.15. The van der Waals surface area contributed by atoms with Crippen LogP contribution >= 0.6 is 15.9 Å². The van der Waals surface area contributed by atoms with Crippen molar-refractivity contribution in [2.24, 2.45) is 0 Å². The third kappa shape index (κ3) is 3.00. The maximum atomic E-state index is 4.39. The second-order valence-electron chi connectivity index (χ2n) is 4.31. The highest BCUT2D eigenvalue weighted by Crippen LogP contribution is 2.23. The van der Waals surface area contributed by atoms with Gasteiger partial charge in [0.05, 0.1) is 12.2 Å². The number of benzene rings is 1. The van der Waals surface area contributed by atoms with E-state index in [-0.39, 0.29) is 6.04 Å². The van der Waals surface area contributed by atoms with Gasteiger partial charge in [0.1, 0.15) is 0 Å². The van der Waals surface area contributed by atoms with E-state index in [1.54, 1.807) is 0 Å². The first-order valence-corrected chi connectivity index (χ1v) is 6.99. The van der Waals surface area contributed by atoms with E-state index < -0.39 is 0 Å². The number of rotatable bonds is 5. The van der Waals surface area contributed by atoms with Gasteiger partial charge < -0.3 is 5.32 Å². The molecule has 3 nitrogen and oxygen atoms in total. The number of aryl methyl sites for hydroxylation is 1. The highest BCUT2D eigenvalue weighted by atomic mass is 79.9. The van der Waals surface area contributed by atoms with E-state index in [2.05, 4.69) is 57.7 Å². The number of aromatic nitrogens is 2. The second-order valence-corrected chi connectivity index (χ2v) is 5.23. The fourth-order valence-electron chi connectivity index (χ4n) is 2.09. The summed E-state index contributed by atoms with van der Waals surface area (Å²) in [6, 6.07) is 8.55. The summed E-state index contributed by atoms with van der Waals surface area (Å²) in [5.74, 6) is 0. The van der Waals surface area contributed by atoms with Crippen molar-refractivity contribution in [3.05, 3.63) is 52.3 Å². The lowest BCUT2D eigenvalue weighted by atomic mass is 10.0. The zero-order valence-corrected chi connectivity index (χ0v) is 12.3. The predicted molar refractivity (Wildman–Crippen MR) is 77.6 cm³/mol. The Morgan fingerprint density at radius 2 is 2.22 bits per heavy atom. The van der Waals surface area contributed by atoms with Crippen molar-refractivity contribution in [1.82, 2.24) is 15.1 Å². The van der Waals surface area contributed by atoms with E-state index in [0.29, 0.717) is 0 Å². The lowest BCUT2D eigenvalue weighted by molar-refractivity contribution is 0.600. The molecular formula is C14H18BrN3. The van der Waals surface area contributed by atoms with Gasteiger partial charge in [0, 0.05) is 22.8 Å². The number of hydrogen-bond acceptors (Lipinski definition) is 2. The van der Waals surface area contributed by atoms with Gasteiger partial charge in [-0.15, -0.1) is 0 Å². The summed E-state index contributed by atoms with van der Waals surface area (Å²) in [6.45, 7) is 3.13. The quantitative estimate of drug-likeness (QED) is 0.918. The molecule has 0 bridgehead atoms. The molecule has 1 unspecified atom stereocenters. The van der Waals surface area contributed by atoms with Crippen LogP contribution in [0.2, 0.25) is 0 Å². The summed E-state index contributed by atoms with van der Waals surface area (Å²) in [6.07, 6.45) is 5.16. The molecule has 1 aromatic carbocycles. The Balaban J connectivity index is 2.27. The Morgan fingerprint density at radius 3 is 2.89 bits per heavy atom. The normalized spacial score (nSPS) is 12.6. The Labute approximate surface area is 116 Å². The van der Waals surface area contributed by atoms with Crippen LogP contribution in [0.3, 0.4) is 0 Å². The first-order chi connectivity index (χ1) is 8.74. The van der Waals surface area contributed by atoms with Gasteiger partial charge in [0.2, 0.25) is 0 Å². The molecule has 0 amide bonds. The highest BCUT2D eigenvalue weighted by Gasteiger charge is 2.13. The molecule has 1 heterocycles. The molecule has 2 rings (SSSR count). The fraction of sp³-hybridized carbons (Fsp3) is 0.357. The molecule has 4 heteroatoms. The van der Waals surface area contributed by atoms with E-state index in [9.17, 15) is 0 Å². The molecule has 0 fully saturated rings. The third-order valence-corrected chi connectivity index (χ3v) is 3.40.